The zero-order valence-electron chi connectivity index (χ0n) is 31.8. The average molecular weight is 875 g/mol. The number of aromatic nitrogens is 5. The Morgan fingerprint density at radius 2 is 1.69 bits per heavy atom. The van der Waals surface area contributed by atoms with Crippen molar-refractivity contribution in [2.75, 3.05) is 13.6 Å². The lowest BCUT2D eigenvalue weighted by Crippen LogP contribution is -2.37. The van der Waals surface area contributed by atoms with E-state index in [1.54, 1.807) is 53.2 Å². The van der Waals surface area contributed by atoms with E-state index < -0.39 is 21.3 Å². The highest BCUT2D eigenvalue weighted by molar-refractivity contribution is 14.1. The largest absolute Gasteiger partial charge is 0.454 e. The third kappa shape index (κ3) is 7.65. The van der Waals surface area contributed by atoms with Gasteiger partial charge in [0.15, 0.2) is 23.2 Å². The van der Waals surface area contributed by atoms with Crippen LogP contribution in [0.3, 0.4) is 0 Å². The van der Waals surface area contributed by atoms with E-state index in [1.807, 2.05) is 14.0 Å². The Bertz CT molecular complexity index is 2530. The van der Waals surface area contributed by atoms with Crippen LogP contribution in [0.2, 0.25) is 0 Å². The van der Waals surface area contributed by atoms with Crippen molar-refractivity contribution in [2.45, 2.75) is 70.1 Å². The summed E-state index contributed by atoms with van der Waals surface area (Å²) in [7, 11) is -0.512. The molecule has 0 unspecified atom stereocenters. The molecule has 1 aliphatic heterocycles. The van der Waals surface area contributed by atoms with Gasteiger partial charge in [-0.2, -0.15) is 5.10 Å². The van der Waals surface area contributed by atoms with E-state index in [-0.39, 0.29) is 45.2 Å². The molecule has 0 saturated heterocycles. The maximum atomic E-state index is 16.5. The topological polar surface area (TPSA) is 112 Å². The first-order valence-electron chi connectivity index (χ1n) is 18.3. The van der Waals surface area contributed by atoms with Crippen molar-refractivity contribution in [2.24, 2.45) is 12.5 Å². The lowest BCUT2D eigenvalue weighted by molar-refractivity contribution is -0.130. The Balaban J connectivity index is 1.37. The minimum Gasteiger partial charge on any atom is -0.454 e. The standard InChI is InChI=1S/C42H44FIN6O4S/c1-27-12-14-31(15-13-27)55(52,53)50-21-17-32-33-24-37(51)48(5)26-41(2,3)18-7-8-19-42(4,28-10-9-11-29(44)22-28)40-46-39(49(6)47-40)35-23-30(16-20-45-35)54-38(33)34(43)25-36(32)50/h9-17,20-23,25H,7-8,18-19,24,26H2,1-6H3/t42-/m1/s1. The van der Waals surface area contributed by atoms with E-state index in [4.69, 9.17) is 14.8 Å². The Kier molecular flexibility index (Phi) is 10.4. The molecule has 3 aromatic heterocycles. The van der Waals surface area contributed by atoms with Crippen LogP contribution in [-0.2, 0) is 33.7 Å². The fraction of sp³-hybridized carbons (Fsp3) is 0.333. The smallest absolute Gasteiger partial charge is 0.268 e. The number of aryl methyl sites for hydroxylation is 2. The van der Waals surface area contributed by atoms with Crippen LogP contribution in [0, 0.1) is 21.7 Å². The first-order chi connectivity index (χ1) is 26.1. The second-order valence-electron chi connectivity index (χ2n) is 15.5. The second kappa shape index (κ2) is 14.8. The quantitative estimate of drug-likeness (QED) is 0.164. The van der Waals surface area contributed by atoms with Crippen molar-refractivity contribution in [3.63, 3.8) is 0 Å². The molecule has 1 aliphatic rings. The van der Waals surface area contributed by atoms with E-state index in [0.29, 0.717) is 29.3 Å². The molecular formula is C42H44FIN6O4S. The summed E-state index contributed by atoms with van der Waals surface area (Å²) < 4.78 is 54.4. The molecule has 4 heterocycles. The molecule has 1 amide bonds. The van der Waals surface area contributed by atoms with Crippen molar-refractivity contribution in [1.82, 2.24) is 28.6 Å². The van der Waals surface area contributed by atoms with Crippen molar-refractivity contribution < 1.29 is 22.3 Å². The third-order valence-electron chi connectivity index (χ3n) is 10.6. The normalized spacial score (nSPS) is 18.3. The van der Waals surface area contributed by atoms with Crippen molar-refractivity contribution in [3.05, 3.63) is 117 Å². The maximum absolute atomic E-state index is 16.5. The van der Waals surface area contributed by atoms with Gasteiger partial charge in [0.05, 0.1) is 22.2 Å². The SMILES string of the molecule is Cc1ccc(S(=O)(=O)n2ccc3c4c(c(F)cc32)Oc2ccnc(c2)-c2nc(nn2C)[C@@](C)(c2cccc(I)c2)CCCCC(C)(C)CN(C)C(=O)C4)cc1. The summed E-state index contributed by atoms with van der Waals surface area (Å²) in [4.78, 5) is 25.5. The summed E-state index contributed by atoms with van der Waals surface area (Å²) in [5, 5.41) is 5.33. The zero-order chi connectivity index (χ0) is 39.3. The van der Waals surface area contributed by atoms with E-state index in [1.165, 1.54) is 18.3 Å². The highest BCUT2D eigenvalue weighted by atomic mass is 127. The maximum Gasteiger partial charge on any atom is 0.268 e. The number of benzene rings is 3. The van der Waals surface area contributed by atoms with Gasteiger partial charge >= 0.3 is 0 Å². The van der Waals surface area contributed by atoms with Crippen LogP contribution in [0.15, 0.2) is 90.1 Å². The Morgan fingerprint density at radius 3 is 2.44 bits per heavy atom. The fourth-order valence-electron chi connectivity index (χ4n) is 7.55. The lowest BCUT2D eigenvalue weighted by atomic mass is 9.76. The van der Waals surface area contributed by atoms with Crippen LogP contribution >= 0.6 is 22.6 Å². The molecule has 10 nitrogen and oxygen atoms in total. The van der Waals surface area contributed by atoms with Gasteiger partial charge in [0.1, 0.15) is 11.4 Å². The summed E-state index contributed by atoms with van der Waals surface area (Å²) in [6, 6.07) is 20.9. The molecule has 0 fully saturated rings. The number of hydrogen-bond donors (Lipinski definition) is 0. The summed E-state index contributed by atoms with van der Waals surface area (Å²) in [6.45, 7) is 8.82. The number of amides is 1. The van der Waals surface area contributed by atoms with Crippen molar-refractivity contribution in [1.29, 1.82) is 0 Å². The summed E-state index contributed by atoms with van der Waals surface area (Å²) in [6.07, 6.45) is 6.23. The minimum atomic E-state index is -4.09. The number of rotatable bonds is 3. The summed E-state index contributed by atoms with van der Waals surface area (Å²) in [5.74, 6) is 0.231. The van der Waals surface area contributed by atoms with Gasteiger partial charge in [-0.3, -0.25) is 9.78 Å². The molecule has 13 heteroatoms. The van der Waals surface area contributed by atoms with E-state index in [9.17, 15) is 13.2 Å². The predicted octanol–water partition coefficient (Wildman–Crippen LogP) is 8.82. The van der Waals surface area contributed by atoms with Gasteiger partial charge in [0.25, 0.3) is 10.0 Å². The van der Waals surface area contributed by atoms with Crippen LogP contribution in [0.4, 0.5) is 4.39 Å². The molecule has 0 spiro atoms. The van der Waals surface area contributed by atoms with Gasteiger partial charge < -0.3 is 9.64 Å². The summed E-state index contributed by atoms with van der Waals surface area (Å²) >= 11 is 2.33. The van der Waals surface area contributed by atoms with Crippen molar-refractivity contribution in [3.8, 4) is 23.0 Å². The average Bonchev–Trinajstić information content (AvgIpc) is 3.75. The Morgan fingerprint density at radius 1 is 0.945 bits per heavy atom. The number of carbonyl (C=O) groups is 1. The zero-order valence-corrected chi connectivity index (χ0v) is 34.8. The molecule has 0 saturated carbocycles. The molecule has 0 radical (unpaired) electrons. The molecule has 286 valence electrons. The first-order valence-corrected chi connectivity index (χ1v) is 20.8. The molecule has 1 atom stereocenters. The Hall–Kier alpha value is -4.63. The van der Waals surface area contributed by atoms with E-state index in [0.717, 1.165) is 50.4 Å². The van der Waals surface area contributed by atoms with Gasteiger partial charge in [-0.25, -0.2) is 26.4 Å². The highest BCUT2D eigenvalue weighted by Gasteiger charge is 2.35. The van der Waals surface area contributed by atoms with Gasteiger partial charge in [0, 0.05) is 59.7 Å². The second-order valence-corrected chi connectivity index (χ2v) is 18.6. The first kappa shape index (κ1) is 38.6. The number of halogens is 2. The molecule has 4 bridgehead atoms. The number of fused-ring (bicyclic) bond motifs is 8. The lowest BCUT2D eigenvalue weighted by Gasteiger charge is -2.32. The molecule has 6 aromatic rings. The molecule has 3 aromatic carbocycles. The molecule has 55 heavy (non-hydrogen) atoms. The van der Waals surface area contributed by atoms with E-state index >= 15 is 4.39 Å². The van der Waals surface area contributed by atoms with Crippen LogP contribution in [0.25, 0.3) is 22.4 Å². The molecule has 7 rings (SSSR count). The summed E-state index contributed by atoms with van der Waals surface area (Å²) in [5.41, 5.74) is 2.12. The number of nitrogens with zero attached hydrogens (tertiary/aromatic N) is 6. The van der Waals surface area contributed by atoms with Crippen LogP contribution in [0.1, 0.15) is 69.0 Å². The molecule has 0 aliphatic carbocycles. The van der Waals surface area contributed by atoms with Crippen LogP contribution < -0.4 is 4.74 Å². The van der Waals surface area contributed by atoms with Gasteiger partial charge in [-0.1, -0.05) is 56.5 Å². The van der Waals surface area contributed by atoms with E-state index in [2.05, 4.69) is 72.6 Å². The number of ether oxygens (including phenoxy) is 1. The molecular weight excluding hydrogens is 830 g/mol. The fourth-order valence-corrected chi connectivity index (χ4v) is 9.43. The highest BCUT2D eigenvalue weighted by Crippen LogP contribution is 2.40. The monoisotopic (exact) mass is 874 g/mol. The van der Waals surface area contributed by atoms with Gasteiger partial charge in [0.2, 0.25) is 5.91 Å². The minimum absolute atomic E-state index is 0.0648. The van der Waals surface area contributed by atoms with Gasteiger partial charge in [-0.05, 0) is 96.7 Å². The predicted molar refractivity (Wildman–Crippen MR) is 219 cm³/mol. The van der Waals surface area contributed by atoms with Gasteiger partial charge in [-0.15, -0.1) is 0 Å². The van der Waals surface area contributed by atoms with Crippen molar-refractivity contribution >= 4 is 49.4 Å². The number of hydrogen-bond acceptors (Lipinski definition) is 7. The van der Waals surface area contributed by atoms with Crippen LogP contribution in [-0.4, -0.2) is 56.5 Å². The molecule has 0 N–H and O–H groups in total. The van der Waals surface area contributed by atoms with Crippen LogP contribution in [0.5, 0.6) is 11.5 Å². The number of carbonyl (C=O) groups excluding carboxylic acids is 1. The number of likely N-dealkylation sites (N-methyl/N-ethyl adjacent to an activating group) is 1. The number of pyridine rings is 1. The third-order valence-corrected chi connectivity index (χ3v) is 13.0. The Labute approximate surface area is 334 Å².